The molecule has 3 aromatic rings. The average molecular weight is 541 g/mol. The Kier molecular flexibility index (Phi) is 9.10. The smallest absolute Gasteiger partial charge is 0.323 e. The summed E-state index contributed by atoms with van der Waals surface area (Å²) < 4.78 is 26.9. The Labute approximate surface area is 220 Å². The van der Waals surface area contributed by atoms with E-state index < -0.39 is 34.5 Å². The van der Waals surface area contributed by atoms with Crippen LogP contribution in [0.5, 0.6) is 0 Å². The SMILES string of the molecule is C.O=C(NC[C@H](NS(=O)(=O)c1cccnc1)C(=O)O)c1ccc2c(c1)C(=O)N(CCNc1ccccn1)C2. The minimum atomic E-state index is -4.17. The van der Waals surface area contributed by atoms with Crippen molar-refractivity contribution in [2.45, 2.75) is 24.9 Å². The van der Waals surface area contributed by atoms with E-state index in [-0.39, 0.29) is 23.8 Å². The van der Waals surface area contributed by atoms with Gasteiger partial charge >= 0.3 is 5.97 Å². The van der Waals surface area contributed by atoms with Crippen LogP contribution in [0, 0.1) is 0 Å². The van der Waals surface area contributed by atoms with Gasteiger partial charge in [-0.15, -0.1) is 0 Å². The number of sulfonamides is 1. The monoisotopic (exact) mass is 540 g/mol. The lowest BCUT2D eigenvalue weighted by molar-refractivity contribution is -0.138. The number of carbonyl (C=O) groups is 3. The topological polar surface area (TPSA) is 171 Å². The predicted octanol–water partition coefficient (Wildman–Crippen LogP) is 1.34. The molecule has 1 atom stereocenters. The van der Waals surface area contributed by atoms with Gasteiger partial charge in [0.15, 0.2) is 0 Å². The predicted molar refractivity (Wildman–Crippen MR) is 139 cm³/mol. The summed E-state index contributed by atoms with van der Waals surface area (Å²) in [6.45, 7) is 0.819. The molecule has 13 heteroatoms. The van der Waals surface area contributed by atoms with E-state index in [4.69, 9.17) is 0 Å². The Morgan fingerprint density at radius 1 is 1.11 bits per heavy atom. The fourth-order valence-electron chi connectivity index (χ4n) is 3.71. The number of benzene rings is 1. The highest BCUT2D eigenvalue weighted by Gasteiger charge is 2.29. The van der Waals surface area contributed by atoms with Gasteiger partial charge in [0.05, 0.1) is 0 Å². The van der Waals surface area contributed by atoms with Gasteiger partial charge in [-0.1, -0.05) is 19.6 Å². The minimum absolute atomic E-state index is 0. The van der Waals surface area contributed by atoms with E-state index in [0.29, 0.717) is 31.0 Å². The van der Waals surface area contributed by atoms with Gasteiger partial charge in [0.25, 0.3) is 11.8 Å². The molecule has 0 saturated carbocycles. The molecule has 0 saturated heterocycles. The molecule has 38 heavy (non-hydrogen) atoms. The number of carboxylic acid groups (broad SMARTS) is 1. The third kappa shape index (κ3) is 6.69. The van der Waals surface area contributed by atoms with Crippen LogP contribution in [0.15, 0.2) is 72.0 Å². The van der Waals surface area contributed by atoms with Crippen LogP contribution < -0.4 is 15.4 Å². The molecule has 2 aromatic heterocycles. The number of hydrogen-bond donors (Lipinski definition) is 4. The highest BCUT2D eigenvalue weighted by Crippen LogP contribution is 2.23. The fraction of sp³-hybridized carbons (Fsp3) is 0.240. The largest absolute Gasteiger partial charge is 0.480 e. The summed E-state index contributed by atoms with van der Waals surface area (Å²) in [6, 6.07) is 11.2. The molecule has 2 amide bonds. The third-order valence-corrected chi connectivity index (χ3v) is 7.07. The molecule has 0 aliphatic carbocycles. The number of carbonyl (C=O) groups excluding carboxylic acids is 2. The van der Waals surface area contributed by atoms with Gasteiger partial charge in [-0.05, 0) is 42.0 Å². The Bertz CT molecular complexity index is 1400. The number of carboxylic acids is 1. The molecular weight excluding hydrogens is 512 g/mol. The minimum Gasteiger partial charge on any atom is -0.480 e. The number of hydrogen-bond acceptors (Lipinski definition) is 8. The maximum absolute atomic E-state index is 12.9. The van der Waals surface area contributed by atoms with Crippen molar-refractivity contribution in [2.24, 2.45) is 0 Å². The van der Waals surface area contributed by atoms with Crippen LogP contribution in [0.1, 0.15) is 33.7 Å². The Hall–Kier alpha value is -4.36. The van der Waals surface area contributed by atoms with Gasteiger partial charge in [-0.25, -0.2) is 13.4 Å². The van der Waals surface area contributed by atoms with E-state index in [2.05, 4.69) is 20.6 Å². The number of fused-ring (bicyclic) bond motifs is 1. The first kappa shape index (κ1) is 28.2. The molecule has 3 heterocycles. The number of nitrogens with one attached hydrogen (secondary N) is 3. The lowest BCUT2D eigenvalue weighted by atomic mass is 10.1. The van der Waals surface area contributed by atoms with Crippen LogP contribution in [0.2, 0.25) is 0 Å². The van der Waals surface area contributed by atoms with Crippen molar-refractivity contribution in [1.82, 2.24) is 24.9 Å². The summed E-state index contributed by atoms with van der Waals surface area (Å²) in [5.74, 6) is -1.63. The van der Waals surface area contributed by atoms with Crippen molar-refractivity contribution in [3.63, 3.8) is 0 Å². The number of aromatic nitrogens is 2. The van der Waals surface area contributed by atoms with E-state index in [1.807, 2.05) is 22.9 Å². The van der Waals surface area contributed by atoms with Gasteiger partial charge in [-0.2, -0.15) is 4.72 Å². The quantitative estimate of drug-likeness (QED) is 0.280. The molecule has 4 rings (SSSR count). The van der Waals surface area contributed by atoms with Gasteiger partial charge in [0, 0.05) is 55.9 Å². The summed E-state index contributed by atoms with van der Waals surface area (Å²) in [5, 5.41) is 15.0. The number of aliphatic carboxylic acids is 1. The molecule has 0 spiro atoms. The van der Waals surface area contributed by atoms with Crippen LogP contribution in [-0.4, -0.2) is 71.9 Å². The van der Waals surface area contributed by atoms with E-state index >= 15 is 0 Å². The standard InChI is InChI=1S/C24H24N6O6S.CH4/c31-22(28-14-20(24(33)34)29-37(35,36)18-4-3-8-25-13-18)16-6-7-17-15-30(23(32)19(17)12-16)11-10-27-21-5-1-2-9-26-21;/h1-9,12-13,20,29H,10-11,14-15H2,(H,26,27)(H,28,31)(H,33,34);1H4/t20-;/m0./s1. The maximum atomic E-state index is 12.9. The number of anilines is 1. The number of nitrogens with zero attached hydrogens (tertiary/aromatic N) is 3. The van der Waals surface area contributed by atoms with Gasteiger partial charge < -0.3 is 20.6 Å². The van der Waals surface area contributed by atoms with Gasteiger partial charge in [0.2, 0.25) is 10.0 Å². The first-order valence-corrected chi connectivity index (χ1v) is 12.7. The molecule has 0 unspecified atom stereocenters. The number of pyridine rings is 2. The zero-order chi connectivity index (χ0) is 26.4. The van der Waals surface area contributed by atoms with Crippen molar-refractivity contribution < 1.29 is 27.9 Å². The van der Waals surface area contributed by atoms with Crippen LogP contribution in [-0.2, 0) is 21.4 Å². The van der Waals surface area contributed by atoms with Crippen LogP contribution in [0.4, 0.5) is 5.82 Å². The summed E-state index contributed by atoms with van der Waals surface area (Å²) in [7, 11) is -4.17. The highest BCUT2D eigenvalue weighted by molar-refractivity contribution is 7.89. The van der Waals surface area contributed by atoms with E-state index in [0.717, 1.165) is 11.8 Å². The Morgan fingerprint density at radius 2 is 1.92 bits per heavy atom. The third-order valence-electron chi connectivity index (χ3n) is 5.61. The fourth-order valence-corrected chi connectivity index (χ4v) is 4.86. The van der Waals surface area contributed by atoms with Crippen molar-refractivity contribution in [1.29, 1.82) is 0 Å². The Morgan fingerprint density at radius 3 is 2.61 bits per heavy atom. The summed E-state index contributed by atoms with van der Waals surface area (Å²) in [6.07, 6.45) is 4.13. The first-order chi connectivity index (χ1) is 17.7. The second-order valence-corrected chi connectivity index (χ2v) is 9.87. The van der Waals surface area contributed by atoms with Crippen LogP contribution >= 0.6 is 0 Å². The summed E-state index contributed by atoms with van der Waals surface area (Å²) in [5.41, 5.74) is 1.31. The molecule has 4 N–H and O–H groups in total. The zero-order valence-electron chi connectivity index (χ0n) is 19.5. The molecule has 0 radical (unpaired) electrons. The number of rotatable bonds is 11. The average Bonchev–Trinajstić information content (AvgIpc) is 3.22. The molecule has 0 fully saturated rings. The second-order valence-electron chi connectivity index (χ2n) is 8.15. The normalized spacial score (nSPS) is 13.3. The van der Waals surface area contributed by atoms with Crippen LogP contribution in [0.3, 0.4) is 0 Å². The zero-order valence-corrected chi connectivity index (χ0v) is 20.3. The first-order valence-electron chi connectivity index (χ1n) is 11.2. The van der Waals surface area contributed by atoms with Crippen molar-refractivity contribution in [3.05, 3.63) is 83.8 Å². The van der Waals surface area contributed by atoms with Crippen LogP contribution in [0.25, 0.3) is 0 Å². The van der Waals surface area contributed by atoms with Gasteiger partial charge in [0.1, 0.15) is 16.8 Å². The molecule has 200 valence electrons. The lowest BCUT2D eigenvalue weighted by Crippen LogP contribution is -2.48. The molecule has 1 aliphatic heterocycles. The molecule has 1 aromatic carbocycles. The Balaban J connectivity index is 0.00000400. The van der Waals surface area contributed by atoms with Gasteiger partial charge in [-0.3, -0.25) is 19.4 Å². The molecular formula is C25H28N6O6S. The number of amides is 2. The maximum Gasteiger partial charge on any atom is 0.323 e. The van der Waals surface area contributed by atoms with E-state index in [9.17, 15) is 27.9 Å². The van der Waals surface area contributed by atoms with E-state index in [1.165, 1.54) is 30.5 Å². The van der Waals surface area contributed by atoms with Crippen molar-refractivity contribution >= 4 is 33.6 Å². The van der Waals surface area contributed by atoms with Crippen molar-refractivity contribution in [3.8, 4) is 0 Å². The molecule has 1 aliphatic rings. The van der Waals surface area contributed by atoms with E-state index in [1.54, 1.807) is 17.2 Å². The summed E-state index contributed by atoms with van der Waals surface area (Å²) >= 11 is 0. The molecule has 12 nitrogen and oxygen atoms in total. The molecule has 0 bridgehead atoms. The van der Waals surface area contributed by atoms with Crippen molar-refractivity contribution in [2.75, 3.05) is 25.0 Å². The second kappa shape index (κ2) is 12.3. The highest BCUT2D eigenvalue weighted by atomic mass is 32.2. The summed E-state index contributed by atoms with van der Waals surface area (Å²) in [4.78, 5) is 46.5. The lowest BCUT2D eigenvalue weighted by Gasteiger charge is -2.16.